The third-order valence-corrected chi connectivity index (χ3v) is 5.89. The van der Waals surface area contributed by atoms with Crippen molar-refractivity contribution in [3.8, 4) is 0 Å². The lowest BCUT2D eigenvalue weighted by Gasteiger charge is -2.34. The predicted octanol–water partition coefficient (Wildman–Crippen LogP) is 1.56. The Hall–Kier alpha value is -4.26. The van der Waals surface area contributed by atoms with Crippen LogP contribution in [0.2, 0.25) is 5.02 Å². The Balaban J connectivity index is 2.50. The van der Waals surface area contributed by atoms with Crippen molar-refractivity contribution in [3.63, 3.8) is 0 Å². The van der Waals surface area contributed by atoms with Gasteiger partial charge < -0.3 is 30.8 Å². The number of fused-ring (bicyclic) bond motifs is 1. The summed E-state index contributed by atoms with van der Waals surface area (Å²) < 4.78 is 0. The van der Waals surface area contributed by atoms with Crippen LogP contribution in [0.3, 0.4) is 0 Å². The number of hydrazine groups is 1. The van der Waals surface area contributed by atoms with Crippen LogP contribution in [0.5, 0.6) is 0 Å². The molecule has 0 saturated carbocycles. The average molecular weight is 531 g/mol. The Morgan fingerprint density at radius 1 is 1.03 bits per heavy atom. The lowest BCUT2D eigenvalue weighted by atomic mass is 9.75. The number of aliphatic carboxylic acids is 4. The quantitative estimate of drug-likeness (QED) is 0.182. The van der Waals surface area contributed by atoms with E-state index in [0.717, 1.165) is 0 Å². The molecule has 2 heterocycles. The van der Waals surface area contributed by atoms with Crippen LogP contribution in [0.1, 0.15) is 23.2 Å². The summed E-state index contributed by atoms with van der Waals surface area (Å²) in [5, 5.41) is 43.8. The molecule has 0 spiro atoms. The van der Waals surface area contributed by atoms with Crippen LogP contribution in [0, 0.1) is 0 Å². The van der Waals surface area contributed by atoms with Gasteiger partial charge in [-0.15, -0.1) is 0 Å². The number of hydrogen-bond donors (Lipinski definition) is 6. The Bertz CT molecular complexity index is 1310. The van der Waals surface area contributed by atoms with E-state index >= 15 is 0 Å². The summed E-state index contributed by atoms with van der Waals surface area (Å²) in [5.41, 5.74) is -0.159. The summed E-state index contributed by atoms with van der Waals surface area (Å²) >= 11 is 6.06. The van der Waals surface area contributed by atoms with E-state index < -0.39 is 40.6 Å². The molecule has 1 aliphatic rings. The second kappa shape index (κ2) is 11.2. The van der Waals surface area contributed by atoms with E-state index in [1.165, 1.54) is 36.5 Å². The number of halogens is 1. The molecular formula is C24H23ClN4O8. The van der Waals surface area contributed by atoms with Gasteiger partial charge in [0.15, 0.2) is 0 Å². The van der Waals surface area contributed by atoms with Crippen LogP contribution < -0.4 is 15.8 Å². The Morgan fingerprint density at radius 2 is 1.68 bits per heavy atom. The highest BCUT2D eigenvalue weighted by Gasteiger charge is 2.52. The molecule has 13 heteroatoms. The van der Waals surface area contributed by atoms with Crippen LogP contribution in [0.4, 0.5) is 5.69 Å². The number of benzene rings is 1. The normalized spacial score (nSPS) is 17.4. The van der Waals surface area contributed by atoms with Crippen LogP contribution in [0.15, 0.2) is 54.3 Å². The maximum atomic E-state index is 12.6. The van der Waals surface area contributed by atoms with Crippen LogP contribution >= 0.6 is 11.6 Å². The lowest BCUT2D eigenvalue weighted by molar-refractivity contribution is -0.135. The maximum absolute atomic E-state index is 12.6. The first-order chi connectivity index (χ1) is 17.5. The summed E-state index contributed by atoms with van der Waals surface area (Å²) in [6.45, 7) is 0.868. The molecule has 0 bridgehead atoms. The number of rotatable bonds is 11. The Kier molecular flexibility index (Phi) is 8.28. The fourth-order valence-electron chi connectivity index (χ4n) is 4.23. The Morgan fingerprint density at radius 3 is 2.22 bits per heavy atom. The molecule has 2 aromatic rings. The van der Waals surface area contributed by atoms with Crippen molar-refractivity contribution in [2.75, 3.05) is 25.1 Å². The average Bonchev–Trinajstić information content (AvgIpc) is 3.16. The number of carbonyl (C=O) groups is 4. The smallest absolute Gasteiger partial charge is 0.338 e. The molecule has 12 nitrogen and oxygen atoms in total. The van der Waals surface area contributed by atoms with E-state index in [4.69, 9.17) is 11.6 Å². The molecule has 0 saturated heterocycles. The van der Waals surface area contributed by atoms with Crippen molar-refractivity contribution < 1.29 is 39.6 Å². The molecule has 6 N–H and O–H groups in total. The molecule has 1 unspecified atom stereocenters. The molecule has 0 aliphatic carbocycles. The van der Waals surface area contributed by atoms with Crippen LogP contribution in [-0.4, -0.2) is 69.4 Å². The number of nitrogens with zero attached hydrogens (tertiary/aromatic N) is 2. The number of pyridine rings is 1. The fourth-order valence-corrected chi connectivity index (χ4v) is 4.35. The molecule has 0 radical (unpaired) electrons. The van der Waals surface area contributed by atoms with Gasteiger partial charge in [-0.3, -0.25) is 4.98 Å². The van der Waals surface area contributed by atoms with E-state index in [1.54, 1.807) is 12.1 Å². The SMILES string of the molecule is CNCCCN1NC(/C(=C/C(=O)O)C(=O)O)(c2ccc(Cl)cc2)c2c1ccnc2/C(=C/C(=O)O)C(=O)O. The number of anilines is 1. The molecule has 1 aromatic heterocycles. The molecule has 0 fully saturated rings. The Labute approximate surface area is 215 Å². The topological polar surface area (TPSA) is 189 Å². The summed E-state index contributed by atoms with van der Waals surface area (Å²) in [4.78, 5) is 52.1. The minimum absolute atomic E-state index is 0.0356. The molecular weight excluding hydrogens is 508 g/mol. The summed E-state index contributed by atoms with van der Waals surface area (Å²) in [6.07, 6.45) is 2.77. The van der Waals surface area contributed by atoms with Gasteiger partial charge in [-0.2, -0.15) is 0 Å². The molecule has 1 aromatic carbocycles. The summed E-state index contributed by atoms with van der Waals surface area (Å²) in [7, 11) is 1.75. The number of carboxylic acids is 4. The van der Waals surface area contributed by atoms with Gasteiger partial charge in [0.05, 0.1) is 22.5 Å². The second-order valence-electron chi connectivity index (χ2n) is 7.93. The van der Waals surface area contributed by atoms with Crippen LogP contribution in [-0.2, 0) is 24.7 Å². The minimum Gasteiger partial charge on any atom is -0.478 e. The van der Waals surface area contributed by atoms with Crippen molar-refractivity contribution in [1.82, 2.24) is 15.7 Å². The zero-order valence-corrected chi connectivity index (χ0v) is 20.2. The molecule has 37 heavy (non-hydrogen) atoms. The number of carboxylic acid groups (broad SMARTS) is 4. The number of hydrogen-bond acceptors (Lipinski definition) is 8. The van der Waals surface area contributed by atoms with E-state index in [2.05, 4.69) is 15.7 Å². The zero-order valence-electron chi connectivity index (χ0n) is 19.4. The second-order valence-corrected chi connectivity index (χ2v) is 8.37. The van der Waals surface area contributed by atoms with Gasteiger partial charge in [0.1, 0.15) is 5.54 Å². The zero-order chi connectivity index (χ0) is 27.3. The first kappa shape index (κ1) is 27.3. The van der Waals surface area contributed by atoms with E-state index in [1.807, 2.05) is 0 Å². The fraction of sp³-hybridized carbons (Fsp3) is 0.208. The van der Waals surface area contributed by atoms with E-state index in [0.29, 0.717) is 35.8 Å². The maximum Gasteiger partial charge on any atom is 0.338 e. The van der Waals surface area contributed by atoms with Crippen molar-refractivity contribution in [3.05, 3.63) is 76.1 Å². The van der Waals surface area contributed by atoms with Crippen molar-refractivity contribution >= 4 is 46.7 Å². The molecule has 0 amide bonds. The van der Waals surface area contributed by atoms with E-state index in [-0.39, 0.29) is 23.4 Å². The molecule has 3 rings (SSSR count). The highest BCUT2D eigenvalue weighted by atomic mass is 35.5. The van der Waals surface area contributed by atoms with Crippen molar-refractivity contribution in [1.29, 1.82) is 0 Å². The number of nitrogens with one attached hydrogen (secondary N) is 2. The summed E-state index contributed by atoms with van der Waals surface area (Å²) in [5.74, 6) is -6.36. The monoisotopic (exact) mass is 530 g/mol. The van der Waals surface area contributed by atoms with Gasteiger partial charge in [0.25, 0.3) is 0 Å². The van der Waals surface area contributed by atoms with Crippen molar-refractivity contribution in [2.45, 2.75) is 12.0 Å². The largest absolute Gasteiger partial charge is 0.478 e. The first-order valence-corrected chi connectivity index (χ1v) is 11.2. The van der Waals surface area contributed by atoms with Gasteiger partial charge in [-0.1, -0.05) is 23.7 Å². The van der Waals surface area contributed by atoms with Crippen molar-refractivity contribution in [2.24, 2.45) is 0 Å². The van der Waals surface area contributed by atoms with Gasteiger partial charge >= 0.3 is 23.9 Å². The highest BCUT2D eigenvalue weighted by molar-refractivity contribution is 6.30. The first-order valence-electron chi connectivity index (χ1n) is 10.8. The van der Waals surface area contributed by atoms with E-state index in [9.17, 15) is 39.6 Å². The minimum atomic E-state index is -1.99. The van der Waals surface area contributed by atoms with Crippen LogP contribution in [0.25, 0.3) is 5.57 Å². The molecule has 194 valence electrons. The molecule has 1 aliphatic heterocycles. The lowest BCUT2D eigenvalue weighted by Crippen LogP contribution is -2.50. The van der Waals surface area contributed by atoms with Gasteiger partial charge in [0, 0.05) is 35.5 Å². The highest BCUT2D eigenvalue weighted by Crippen LogP contribution is 2.49. The standard InChI is InChI=1S/C24H23ClN4O8/c1-26-8-2-10-29-17-7-9-27-21(15(22(34)35)11-18(30)31)20(17)24(28-29,13-3-5-14(25)6-4-13)16(23(36)37)12-19(32)33/h3-7,9,11-12,26,28H,2,8,10H2,1H3,(H,30,31)(H,32,33)(H,34,35)(H,36,37)/b15-11-,16-12+. The van der Waals surface area contributed by atoms with Gasteiger partial charge in [-0.05, 0) is 43.8 Å². The predicted molar refractivity (Wildman–Crippen MR) is 132 cm³/mol. The van der Waals surface area contributed by atoms with Gasteiger partial charge in [-0.25, -0.2) is 24.6 Å². The summed E-state index contributed by atoms with van der Waals surface area (Å²) in [6, 6.07) is 7.36. The third kappa shape index (κ3) is 5.45. The number of aromatic nitrogens is 1. The molecule has 1 atom stereocenters. The van der Waals surface area contributed by atoms with Gasteiger partial charge in [0.2, 0.25) is 0 Å². The third-order valence-electron chi connectivity index (χ3n) is 5.64.